The standard InChI is InChI=1S/C8H7NO2S2/c1-5-2-3-6-7(4-5)13(11,12)9-8(6)10/h2-4H,1H3,(H,9,10). The van der Waals surface area contributed by atoms with Gasteiger partial charge in [-0.25, -0.2) is 4.21 Å². The van der Waals surface area contributed by atoms with Crippen LogP contribution in [0.2, 0.25) is 0 Å². The van der Waals surface area contributed by atoms with Gasteiger partial charge in [0.15, 0.2) is 0 Å². The molecule has 1 aliphatic heterocycles. The van der Waals surface area contributed by atoms with Crippen LogP contribution in [-0.2, 0) is 19.9 Å². The Labute approximate surface area is 81.0 Å². The largest absolute Gasteiger partial charge is 0.268 e. The molecule has 0 saturated heterocycles. The number of aryl methyl sites for hydroxylation is 1. The molecule has 5 heteroatoms. The lowest BCUT2D eigenvalue weighted by atomic mass is 10.1. The average Bonchev–Trinajstić information content (AvgIpc) is 2.23. The molecule has 1 atom stereocenters. The number of fused-ring (bicyclic) bond motifs is 1. The fourth-order valence-corrected chi connectivity index (χ4v) is 3.17. The normalized spacial score (nSPS) is 25.5. The van der Waals surface area contributed by atoms with Crippen molar-refractivity contribution in [2.45, 2.75) is 11.8 Å². The third-order valence-electron chi connectivity index (χ3n) is 1.90. The maximum Gasteiger partial charge on any atom is 0.264 e. The summed E-state index contributed by atoms with van der Waals surface area (Å²) in [5.74, 6) is -0.338. The van der Waals surface area contributed by atoms with Crippen molar-refractivity contribution in [2.24, 2.45) is 0 Å². The van der Waals surface area contributed by atoms with E-state index in [0.29, 0.717) is 10.5 Å². The molecular weight excluding hydrogens is 206 g/mol. The Morgan fingerprint density at radius 1 is 1.46 bits per heavy atom. The molecule has 1 unspecified atom stereocenters. The van der Waals surface area contributed by atoms with Gasteiger partial charge in [-0.05, 0) is 24.6 Å². The van der Waals surface area contributed by atoms with Gasteiger partial charge in [0, 0.05) is 11.2 Å². The fourth-order valence-electron chi connectivity index (χ4n) is 1.27. The first-order chi connectivity index (χ1) is 6.00. The summed E-state index contributed by atoms with van der Waals surface area (Å²) >= 11 is 4.80. The second-order valence-electron chi connectivity index (χ2n) is 2.93. The molecule has 3 nitrogen and oxygen atoms in total. The van der Waals surface area contributed by atoms with Gasteiger partial charge in [-0.15, -0.1) is 0 Å². The van der Waals surface area contributed by atoms with Crippen LogP contribution in [0.25, 0.3) is 0 Å². The highest BCUT2D eigenvalue weighted by atomic mass is 32.8. The molecule has 0 aliphatic carbocycles. The number of nitrogens with one attached hydrogen (secondary N) is 1. The smallest absolute Gasteiger partial charge is 0.264 e. The van der Waals surface area contributed by atoms with Crippen molar-refractivity contribution in [1.82, 2.24) is 4.72 Å². The third kappa shape index (κ3) is 1.24. The molecule has 1 aliphatic rings. The summed E-state index contributed by atoms with van der Waals surface area (Å²) in [4.78, 5) is 11.7. The van der Waals surface area contributed by atoms with Crippen molar-refractivity contribution < 1.29 is 9.00 Å². The quantitative estimate of drug-likeness (QED) is 0.692. The van der Waals surface area contributed by atoms with Crippen molar-refractivity contribution in [2.75, 3.05) is 0 Å². The van der Waals surface area contributed by atoms with Crippen molar-refractivity contribution in [3.05, 3.63) is 29.3 Å². The summed E-state index contributed by atoms with van der Waals surface area (Å²) in [5, 5.41) is 0. The Morgan fingerprint density at radius 2 is 2.15 bits per heavy atom. The SMILES string of the molecule is Cc1ccc2c(c1)S(=O)(=S)NC2=O. The predicted molar refractivity (Wildman–Crippen MR) is 52.4 cm³/mol. The number of carbonyl (C=O) groups is 1. The summed E-state index contributed by atoms with van der Waals surface area (Å²) in [6.45, 7) is 1.87. The predicted octanol–water partition coefficient (Wildman–Crippen LogP) is 0.759. The Bertz CT molecular complexity index is 491. The minimum atomic E-state index is -2.74. The van der Waals surface area contributed by atoms with Crippen molar-refractivity contribution >= 4 is 25.8 Å². The van der Waals surface area contributed by atoms with Crippen LogP contribution in [0.3, 0.4) is 0 Å². The molecule has 13 heavy (non-hydrogen) atoms. The Morgan fingerprint density at radius 3 is 2.85 bits per heavy atom. The van der Waals surface area contributed by atoms with Crippen molar-refractivity contribution in [1.29, 1.82) is 0 Å². The lowest BCUT2D eigenvalue weighted by Crippen LogP contribution is -2.19. The summed E-state index contributed by atoms with van der Waals surface area (Å²) < 4.78 is 13.9. The minimum Gasteiger partial charge on any atom is -0.268 e. The minimum absolute atomic E-state index is 0.338. The summed E-state index contributed by atoms with van der Waals surface area (Å²) in [6, 6.07) is 5.15. The summed E-state index contributed by atoms with van der Waals surface area (Å²) in [7, 11) is -2.74. The fraction of sp³-hybridized carbons (Fsp3) is 0.125. The zero-order chi connectivity index (χ0) is 9.64. The summed E-state index contributed by atoms with van der Waals surface area (Å²) in [6.07, 6.45) is 0. The highest BCUT2D eigenvalue weighted by Crippen LogP contribution is 2.23. The number of hydrogen-bond donors (Lipinski definition) is 1. The van der Waals surface area contributed by atoms with Gasteiger partial charge in [0.05, 0.1) is 10.5 Å². The van der Waals surface area contributed by atoms with Gasteiger partial charge < -0.3 is 0 Å². The van der Waals surface area contributed by atoms with Crippen molar-refractivity contribution in [3.8, 4) is 0 Å². The molecular formula is C8H7NO2S2. The molecule has 0 radical (unpaired) electrons. The zero-order valence-electron chi connectivity index (χ0n) is 6.87. The molecule has 0 bridgehead atoms. The van der Waals surface area contributed by atoms with Gasteiger partial charge in [-0.3, -0.25) is 9.52 Å². The van der Waals surface area contributed by atoms with Crippen LogP contribution in [0.15, 0.2) is 23.1 Å². The van der Waals surface area contributed by atoms with Gasteiger partial charge in [0.2, 0.25) is 0 Å². The Hall–Kier alpha value is -0.940. The van der Waals surface area contributed by atoms with Crippen LogP contribution in [0, 0.1) is 6.92 Å². The van der Waals surface area contributed by atoms with Gasteiger partial charge >= 0.3 is 0 Å². The monoisotopic (exact) mass is 213 g/mol. The van der Waals surface area contributed by atoms with E-state index in [9.17, 15) is 9.00 Å². The molecule has 0 aromatic heterocycles. The van der Waals surface area contributed by atoms with Gasteiger partial charge in [0.1, 0.15) is 8.68 Å². The van der Waals surface area contributed by atoms with E-state index in [2.05, 4.69) is 4.72 Å². The molecule has 1 amide bonds. The van der Waals surface area contributed by atoms with E-state index in [4.69, 9.17) is 11.2 Å². The highest BCUT2D eigenvalue weighted by Gasteiger charge is 2.28. The van der Waals surface area contributed by atoms with E-state index >= 15 is 0 Å². The number of hydrogen-bond acceptors (Lipinski definition) is 3. The van der Waals surface area contributed by atoms with Gasteiger partial charge in [-0.2, -0.15) is 0 Å². The van der Waals surface area contributed by atoms with Crippen LogP contribution in [0.4, 0.5) is 0 Å². The van der Waals surface area contributed by atoms with Crippen LogP contribution in [0.1, 0.15) is 15.9 Å². The number of rotatable bonds is 0. The second-order valence-corrected chi connectivity index (χ2v) is 5.99. The van der Waals surface area contributed by atoms with Crippen LogP contribution in [0.5, 0.6) is 0 Å². The van der Waals surface area contributed by atoms with Crippen LogP contribution in [-0.4, -0.2) is 10.1 Å². The van der Waals surface area contributed by atoms with Crippen LogP contribution >= 0.6 is 0 Å². The number of amides is 1. The maximum absolute atomic E-state index is 11.7. The highest BCUT2D eigenvalue weighted by molar-refractivity contribution is 8.32. The van der Waals surface area contributed by atoms with E-state index in [1.807, 2.05) is 6.92 Å². The Balaban J connectivity index is 2.81. The van der Waals surface area contributed by atoms with E-state index in [0.717, 1.165) is 5.56 Å². The topological polar surface area (TPSA) is 46.2 Å². The maximum atomic E-state index is 11.7. The molecule has 1 aromatic rings. The molecule has 1 heterocycles. The molecule has 1 aromatic carbocycles. The summed E-state index contributed by atoms with van der Waals surface area (Å²) in [5.41, 5.74) is 1.39. The van der Waals surface area contributed by atoms with E-state index in [1.54, 1.807) is 18.2 Å². The van der Waals surface area contributed by atoms with Crippen molar-refractivity contribution in [3.63, 3.8) is 0 Å². The van der Waals surface area contributed by atoms with Gasteiger partial charge in [0.25, 0.3) is 5.91 Å². The molecule has 68 valence electrons. The molecule has 2 rings (SSSR count). The molecule has 1 N–H and O–H groups in total. The number of carbonyl (C=O) groups excluding carboxylic acids is 1. The first-order valence-corrected chi connectivity index (χ1v) is 6.17. The first-order valence-electron chi connectivity index (χ1n) is 3.68. The third-order valence-corrected chi connectivity index (χ3v) is 4.06. The first kappa shape index (κ1) is 8.65. The second kappa shape index (κ2) is 2.52. The average molecular weight is 213 g/mol. The lowest BCUT2D eigenvalue weighted by Gasteiger charge is -1.98. The number of benzene rings is 1. The molecule has 0 fully saturated rings. The molecule has 0 saturated carbocycles. The Kier molecular flexibility index (Phi) is 1.68. The van der Waals surface area contributed by atoms with Gasteiger partial charge in [-0.1, -0.05) is 6.07 Å². The lowest BCUT2D eigenvalue weighted by molar-refractivity contribution is 0.0986. The van der Waals surface area contributed by atoms with E-state index in [-0.39, 0.29) is 5.91 Å². The van der Waals surface area contributed by atoms with Crippen LogP contribution < -0.4 is 4.72 Å². The van der Waals surface area contributed by atoms with E-state index < -0.39 is 8.68 Å². The zero-order valence-corrected chi connectivity index (χ0v) is 8.50. The molecule has 0 spiro atoms. The van der Waals surface area contributed by atoms with E-state index in [1.165, 1.54) is 0 Å².